The summed E-state index contributed by atoms with van der Waals surface area (Å²) >= 11 is -6.75. The van der Waals surface area contributed by atoms with Gasteiger partial charge >= 0.3 is 319 Å². The van der Waals surface area contributed by atoms with Crippen molar-refractivity contribution < 1.29 is 8.42 Å². The van der Waals surface area contributed by atoms with Crippen molar-refractivity contribution in [2.24, 2.45) is 11.8 Å². The number of benzene rings is 4. The van der Waals surface area contributed by atoms with Crippen molar-refractivity contribution in [3.63, 3.8) is 0 Å². The first-order valence-electron chi connectivity index (χ1n) is 19.3. The predicted octanol–water partition coefficient (Wildman–Crippen LogP) is 9.44. The Morgan fingerprint density at radius 3 is 1.43 bits per heavy atom. The number of aryl methyl sites for hydroxylation is 1. The van der Waals surface area contributed by atoms with Crippen molar-refractivity contribution in [1.82, 2.24) is 4.31 Å². The average Bonchev–Trinajstić information content (AvgIpc) is 3.63. The van der Waals surface area contributed by atoms with Gasteiger partial charge in [-0.2, -0.15) is 0 Å². The topological polar surface area (TPSA) is 37.4 Å². The number of hydrogen-bond donors (Lipinski definition) is 0. The van der Waals surface area contributed by atoms with Gasteiger partial charge in [0.25, 0.3) is 0 Å². The van der Waals surface area contributed by atoms with Gasteiger partial charge in [0, 0.05) is 0 Å². The molecule has 51 heavy (non-hydrogen) atoms. The molecule has 0 unspecified atom stereocenters. The van der Waals surface area contributed by atoms with E-state index in [1.54, 1.807) is 12.1 Å². The average molecular weight is 869 g/mol. The Labute approximate surface area is 316 Å². The number of rotatable bonds is 18. The molecule has 1 fully saturated rings. The third-order valence-electron chi connectivity index (χ3n) is 11.7. The quantitative estimate of drug-likeness (QED) is 0.0936. The zero-order valence-electron chi connectivity index (χ0n) is 31.5. The summed E-state index contributed by atoms with van der Waals surface area (Å²) in [6.07, 6.45) is 7.29. The summed E-state index contributed by atoms with van der Waals surface area (Å²) in [5.74, 6) is 0.0273. The second-order valence-electron chi connectivity index (χ2n) is 14.8. The first-order valence-corrected chi connectivity index (χ1v) is 32.4. The van der Waals surface area contributed by atoms with Crippen molar-refractivity contribution in [1.29, 1.82) is 0 Å². The molecule has 0 spiro atoms. The number of hydrogen-bond acceptors (Lipinski definition) is 2. The van der Waals surface area contributed by atoms with E-state index in [9.17, 15) is 8.42 Å². The van der Waals surface area contributed by atoms with Crippen molar-refractivity contribution >= 4 is 54.9 Å². The van der Waals surface area contributed by atoms with Gasteiger partial charge in [0.05, 0.1) is 0 Å². The maximum atomic E-state index is 14.6. The first kappa shape index (κ1) is 39.8. The summed E-state index contributed by atoms with van der Waals surface area (Å²) in [6, 6.07) is 40.5. The Bertz CT molecular complexity index is 1710. The molecule has 0 N–H and O–H groups in total. The maximum absolute atomic E-state index is 14.6. The third kappa shape index (κ3) is 8.40. The molecular formula is C45H59GeNO2SSn. The van der Waals surface area contributed by atoms with Gasteiger partial charge in [-0.05, 0) is 0 Å². The molecule has 1 heterocycles. The molecule has 4 aromatic rings. The van der Waals surface area contributed by atoms with E-state index in [4.69, 9.17) is 13.2 Å². The van der Waals surface area contributed by atoms with Gasteiger partial charge in [-0.25, -0.2) is 0 Å². The number of unbranched alkanes of at least 4 members (excludes halogenated alkanes) is 3. The summed E-state index contributed by atoms with van der Waals surface area (Å²) in [7, 11) is -3.73. The standard InChI is InChI=1S/C33H32GeNO2S.3C4H9.Sn/c1-4-28-24-35(38(36,37)32-22-20-26(2)21-23-32)25-33(28)27(3)34(29-14-8-5-9-15-29,30-16-10-6-11-17-30)31-18-12-7-13-19-31;3*1-3-4-2;/h5-23,28,33H,1,3,24-25H2,2H3;3*1,3-4H2,2H3;/t28-,33+;;;;/m0..../s1. The SMILES string of the molecule is C=[C]([C@H]1CN(S(=O)(=O)c2ccc(C)cc2)C[C@@H]1[C](=C)[Sn]([CH2]CCC)([CH2]CCC)[CH2]CCC)[Ge]([c]1ccccc1)([c]1ccccc1)[c]1ccccc1. The molecule has 0 radical (unpaired) electrons. The van der Waals surface area contributed by atoms with Gasteiger partial charge in [-0.15, -0.1) is 0 Å². The van der Waals surface area contributed by atoms with E-state index in [0.29, 0.717) is 18.0 Å². The molecule has 1 aliphatic rings. The summed E-state index contributed by atoms with van der Waals surface area (Å²) in [4.78, 5) is 0.378. The fourth-order valence-electron chi connectivity index (χ4n) is 8.72. The molecule has 1 aliphatic heterocycles. The van der Waals surface area contributed by atoms with Crippen molar-refractivity contribution in [2.75, 3.05) is 13.1 Å². The molecule has 0 bridgehead atoms. The second-order valence-corrected chi connectivity index (χ2v) is 38.3. The number of sulfonamides is 1. The molecule has 0 saturated carbocycles. The molecule has 0 aliphatic carbocycles. The van der Waals surface area contributed by atoms with E-state index in [-0.39, 0.29) is 11.8 Å². The molecule has 5 rings (SSSR count). The molecule has 0 aromatic heterocycles. The molecule has 6 heteroatoms. The minimum absolute atomic E-state index is 0.0284. The fraction of sp³-hybridized carbons (Fsp3) is 0.378. The van der Waals surface area contributed by atoms with Crippen LogP contribution in [0.2, 0.25) is 13.3 Å². The van der Waals surface area contributed by atoms with Crippen LogP contribution >= 0.6 is 0 Å². The van der Waals surface area contributed by atoms with Gasteiger partial charge in [0.1, 0.15) is 0 Å². The number of nitrogens with zero attached hydrogens (tertiary/aromatic N) is 1. The van der Waals surface area contributed by atoms with Gasteiger partial charge in [0.2, 0.25) is 0 Å². The Hall–Kier alpha value is -2.39. The van der Waals surface area contributed by atoms with E-state index in [2.05, 4.69) is 112 Å². The van der Waals surface area contributed by atoms with Gasteiger partial charge < -0.3 is 0 Å². The van der Waals surface area contributed by atoms with Crippen LogP contribution in [0, 0.1) is 18.8 Å². The predicted molar refractivity (Wildman–Crippen MR) is 224 cm³/mol. The first-order chi connectivity index (χ1) is 24.7. The van der Waals surface area contributed by atoms with Crippen LogP contribution in [0.3, 0.4) is 0 Å². The summed E-state index contributed by atoms with van der Waals surface area (Å²) in [5, 5.41) is 0. The zero-order chi connectivity index (χ0) is 36.5. The van der Waals surface area contributed by atoms with Crippen LogP contribution in [0.25, 0.3) is 0 Å². The normalized spacial score (nSPS) is 17.0. The van der Waals surface area contributed by atoms with Crippen LogP contribution in [-0.4, -0.2) is 57.5 Å². The van der Waals surface area contributed by atoms with Gasteiger partial charge in [-0.3, -0.25) is 0 Å². The summed E-state index contributed by atoms with van der Waals surface area (Å²) in [5.41, 5.74) is 1.06. The molecule has 3 nitrogen and oxygen atoms in total. The Morgan fingerprint density at radius 2 is 1.04 bits per heavy atom. The molecule has 4 aromatic carbocycles. The minimum atomic E-state index is -3.73. The van der Waals surface area contributed by atoms with Crippen LogP contribution in [0.5, 0.6) is 0 Å². The van der Waals surface area contributed by atoms with Crippen molar-refractivity contribution in [2.45, 2.75) is 84.4 Å². The Kier molecular flexibility index (Phi) is 14.1. The van der Waals surface area contributed by atoms with Crippen LogP contribution in [-0.2, 0) is 10.0 Å². The molecule has 0 amide bonds. The van der Waals surface area contributed by atoms with Gasteiger partial charge in [-0.1, -0.05) is 0 Å². The molecule has 1 saturated heterocycles. The third-order valence-corrected chi connectivity index (χ3v) is 40.0. The fourth-order valence-corrected chi connectivity index (χ4v) is 37.6. The molecule has 2 atom stereocenters. The van der Waals surface area contributed by atoms with Crippen LogP contribution in [0.15, 0.2) is 141 Å². The van der Waals surface area contributed by atoms with Crippen LogP contribution in [0.4, 0.5) is 0 Å². The van der Waals surface area contributed by atoms with Crippen LogP contribution in [0.1, 0.15) is 64.9 Å². The van der Waals surface area contributed by atoms with Gasteiger partial charge in [0.15, 0.2) is 0 Å². The summed E-state index contributed by atoms with van der Waals surface area (Å²) in [6.45, 7) is 20.2. The van der Waals surface area contributed by atoms with E-state index < -0.39 is 41.7 Å². The molecular weight excluding hydrogens is 810 g/mol. The monoisotopic (exact) mass is 871 g/mol. The van der Waals surface area contributed by atoms with Crippen molar-refractivity contribution in [3.05, 3.63) is 142 Å². The van der Waals surface area contributed by atoms with E-state index >= 15 is 0 Å². The Morgan fingerprint density at radius 1 is 0.647 bits per heavy atom. The van der Waals surface area contributed by atoms with Crippen molar-refractivity contribution in [3.8, 4) is 0 Å². The van der Waals surface area contributed by atoms with Crippen LogP contribution < -0.4 is 13.2 Å². The van der Waals surface area contributed by atoms with E-state index in [1.807, 2.05) is 23.4 Å². The zero-order valence-corrected chi connectivity index (χ0v) is 37.3. The van der Waals surface area contributed by atoms with E-state index in [1.165, 1.54) is 73.0 Å². The molecule has 270 valence electrons. The second kappa shape index (κ2) is 18.1. The van der Waals surface area contributed by atoms with E-state index in [0.717, 1.165) is 5.56 Å². The Balaban J connectivity index is 1.74. The summed E-state index contributed by atoms with van der Waals surface area (Å²) < 4.78 is 41.7.